The van der Waals surface area contributed by atoms with Crippen LogP contribution < -0.4 is 114 Å². The molecule has 0 spiro atoms. The smallest absolute Gasteiger partial charge is 0.326 e. The van der Waals surface area contributed by atoms with E-state index < -0.39 is 235 Å². The summed E-state index contributed by atoms with van der Waals surface area (Å²) in [4.78, 5) is 240. The van der Waals surface area contributed by atoms with Gasteiger partial charge in [-0.3, -0.25) is 87.5 Å². The summed E-state index contributed by atoms with van der Waals surface area (Å²) in [6.07, 6.45) is 1.30. The van der Waals surface area contributed by atoms with Crippen molar-refractivity contribution in [2.45, 2.75) is 261 Å². The van der Waals surface area contributed by atoms with Crippen LogP contribution in [0.5, 0.6) is 0 Å². The number of likely N-dealkylation sites (tertiary alicyclic amines) is 1. The maximum atomic E-state index is 15.1. The number of aliphatic hydroxyl groups excluding tert-OH is 2. The van der Waals surface area contributed by atoms with Crippen molar-refractivity contribution in [2.75, 3.05) is 56.8 Å². The van der Waals surface area contributed by atoms with Crippen LogP contribution in [-0.4, -0.2) is 292 Å². The van der Waals surface area contributed by atoms with Crippen molar-refractivity contribution in [1.29, 1.82) is 10.8 Å². The number of nitrogens with zero attached hydrogens (tertiary/aromatic N) is 1. The third kappa shape index (κ3) is 41.5. The van der Waals surface area contributed by atoms with E-state index in [1.54, 1.807) is 99.0 Å². The van der Waals surface area contributed by atoms with E-state index in [1.807, 2.05) is 32.2 Å². The maximum absolute atomic E-state index is 15.1. The SMILES string of the molecule is CC[C@H](NC(=O)[C@H](Cc1ccccc1)NC(=O)[C@H](CCSC)NC[C@H](Cc1ccccc1)NC(=O)[C@@H]1CCCN1C(=O)[C@H](CCSC)NC(=O)[C@@H](NC(=O)[C@H](CO)NC(=O)[C@H](Cc1ccccc1)NC(=O)[C@H](CCCNC(=N)N)NC(=O)[C@H](CCCNC(=N)N)NC(=O)[C@@H](N)CC(C)C)[C@@H](C)O)C(=O)N[C@@H](CC(N)=O)C(=O)N[C@H](C(=O)N[C@@H](CC(N)=O)C(=O)N[C@H](C(=O)O)C(C)C)[C@@H](C)CC. The summed E-state index contributed by atoms with van der Waals surface area (Å²) >= 11 is 2.74. The van der Waals surface area contributed by atoms with Crippen molar-refractivity contribution < 1.29 is 96.8 Å². The lowest BCUT2D eigenvalue weighted by Crippen LogP contribution is -2.62. The molecule has 0 bridgehead atoms. The van der Waals surface area contributed by atoms with Gasteiger partial charge in [0.05, 0.1) is 37.6 Å². The van der Waals surface area contributed by atoms with Crippen molar-refractivity contribution in [2.24, 2.45) is 46.4 Å². The predicted octanol–water partition coefficient (Wildman–Crippen LogP) is -4.31. The monoisotopic (exact) mass is 1940 g/mol. The number of nitrogens with two attached hydrogens (primary N) is 5. The number of aliphatic hydroxyl groups is 2. The van der Waals surface area contributed by atoms with Crippen molar-refractivity contribution >= 4 is 136 Å². The highest BCUT2D eigenvalue weighted by Crippen LogP contribution is 2.23. The second-order valence-electron chi connectivity index (χ2n) is 34.3. The standard InChI is InChI=1S/C90H142N24O20S2/c1-11-51(7)72(85(130)109-66(46-70(93)118)81(126)111-71(50(5)6)88(133)134)112-82(127)65(45-69(92)117)108-75(120)58(12-2)102-79(124)63(43-54-27-18-14-19-28-54)106-76(121)59(34-39-135-9)100-47-56(42-53-25-16-13-17-26-53)101-84(129)68-33-24-38-114(68)87(132)62(35-40-136-10)105-86(131)73(52(8)116)113-83(128)67(48-115)110-80(125)64(44-55-29-20-15-21-30-55)107-78(123)61(32-23-37-99-90(96)97)104-77(122)60(31-22-36-98-89(94)95)103-74(119)57(91)41-49(3)4/h13-21,25-30,49-52,56-68,71-73,100,115-116H,11-12,22-24,31-48,91H2,1-10H3,(H2,92,117)(H2,93,118)(H,101,129)(H,102,124)(H,103,119)(H,104,122)(H,105,131)(H,106,121)(H,107,123)(H,108,120)(H,109,130)(H,110,125)(H,111,126)(H,112,127)(H,113,128)(H,133,134)(H4,94,95,98)(H4,96,97,99)/t51-,52+,56-,57-,58-,59-,60-,61-,62-,63-,64-,65-,66-,67-,68-,71-,72-,73-/m0/s1. The van der Waals surface area contributed by atoms with Gasteiger partial charge in [-0.05, 0) is 136 Å². The van der Waals surface area contributed by atoms with Crippen LogP contribution in [0.2, 0.25) is 0 Å². The Bertz CT molecular complexity index is 4460. The average molecular weight is 1940 g/mol. The minimum atomic E-state index is -1.88. The van der Waals surface area contributed by atoms with Crippen molar-refractivity contribution in [1.82, 2.24) is 90.0 Å². The van der Waals surface area contributed by atoms with Crippen molar-refractivity contribution in [3.63, 3.8) is 0 Å². The molecule has 44 nitrogen and oxygen atoms in total. The zero-order chi connectivity index (χ0) is 101. The van der Waals surface area contributed by atoms with Gasteiger partial charge < -0.3 is 134 Å². The minimum absolute atomic E-state index is 0.00983. The summed E-state index contributed by atoms with van der Waals surface area (Å²) in [5, 5.41) is 89.3. The largest absolute Gasteiger partial charge is 0.480 e. The lowest BCUT2D eigenvalue weighted by Gasteiger charge is -2.32. The Labute approximate surface area is 801 Å². The first-order valence-corrected chi connectivity index (χ1v) is 48.3. The van der Waals surface area contributed by atoms with Crippen LogP contribution in [0.3, 0.4) is 0 Å². The highest BCUT2D eigenvalue weighted by molar-refractivity contribution is 7.98. The highest BCUT2D eigenvalue weighted by atomic mass is 32.2. The Balaban J connectivity index is 1.59. The van der Waals surface area contributed by atoms with E-state index in [0.717, 1.165) is 5.56 Å². The number of benzene rings is 3. The molecule has 0 saturated carbocycles. The van der Waals surface area contributed by atoms with Gasteiger partial charge in [0.15, 0.2) is 11.9 Å². The Kier molecular flexibility index (Phi) is 52.0. The number of carboxylic acids is 1. The van der Waals surface area contributed by atoms with Crippen molar-refractivity contribution in [3.05, 3.63) is 108 Å². The second-order valence-corrected chi connectivity index (χ2v) is 36.3. The molecule has 31 N–H and O–H groups in total. The Morgan fingerprint density at radius 1 is 0.449 bits per heavy atom. The van der Waals surface area contributed by atoms with Crippen LogP contribution in [0, 0.1) is 28.6 Å². The molecule has 1 fully saturated rings. The van der Waals surface area contributed by atoms with Gasteiger partial charge in [0.25, 0.3) is 0 Å². The molecule has 0 aromatic heterocycles. The van der Waals surface area contributed by atoms with Crippen LogP contribution in [-0.2, 0) is 101 Å². The van der Waals surface area contributed by atoms with Gasteiger partial charge in [0, 0.05) is 45.1 Å². The summed E-state index contributed by atoms with van der Waals surface area (Å²) in [6.45, 7) is 11.7. The number of rotatable bonds is 63. The lowest BCUT2D eigenvalue weighted by atomic mass is 9.96. The molecule has 136 heavy (non-hydrogen) atoms. The first-order valence-electron chi connectivity index (χ1n) is 45.5. The summed E-state index contributed by atoms with van der Waals surface area (Å²) < 4.78 is 0. The predicted molar refractivity (Wildman–Crippen MR) is 512 cm³/mol. The molecule has 0 unspecified atom stereocenters. The van der Waals surface area contributed by atoms with Crippen molar-refractivity contribution in [3.8, 4) is 0 Å². The molecule has 3 aromatic rings. The Morgan fingerprint density at radius 3 is 1.26 bits per heavy atom. The molecule has 46 heteroatoms. The molecule has 4 rings (SSSR count). The van der Waals surface area contributed by atoms with Gasteiger partial charge in [0.2, 0.25) is 94.5 Å². The molecular formula is C90H142N24O20S2. The molecule has 1 aliphatic heterocycles. The highest BCUT2D eigenvalue weighted by Gasteiger charge is 2.43. The third-order valence-corrected chi connectivity index (χ3v) is 23.7. The van der Waals surface area contributed by atoms with Gasteiger partial charge in [-0.2, -0.15) is 23.5 Å². The number of guanidine groups is 2. The van der Waals surface area contributed by atoms with E-state index in [9.17, 15) is 92.0 Å². The number of hydrogen-bond donors (Lipinski definition) is 26. The molecule has 0 aliphatic carbocycles. The van der Waals surface area contributed by atoms with E-state index in [4.69, 9.17) is 39.5 Å². The minimum Gasteiger partial charge on any atom is -0.480 e. The second kappa shape index (κ2) is 61.0. The quantitative estimate of drug-likeness (QED) is 0.0144. The number of thioether (sulfide) groups is 2. The molecule has 1 saturated heterocycles. The molecule has 3 aromatic carbocycles. The van der Waals surface area contributed by atoms with Gasteiger partial charge >= 0.3 is 5.97 Å². The van der Waals surface area contributed by atoms with Crippen LogP contribution in [0.1, 0.15) is 156 Å². The lowest BCUT2D eigenvalue weighted by molar-refractivity contribution is -0.144. The van der Waals surface area contributed by atoms with Crippen LogP contribution in [0.15, 0.2) is 91.0 Å². The molecule has 1 aliphatic rings. The molecule has 18 atom stereocenters. The number of carbonyl (C=O) groups is 17. The van der Waals surface area contributed by atoms with Gasteiger partial charge in [-0.15, -0.1) is 0 Å². The zero-order valence-electron chi connectivity index (χ0n) is 78.9. The Morgan fingerprint density at radius 2 is 0.831 bits per heavy atom. The normalized spacial score (nSPS) is 16.1. The van der Waals surface area contributed by atoms with E-state index in [0.29, 0.717) is 23.3 Å². The molecule has 0 radical (unpaired) electrons. The fourth-order valence-electron chi connectivity index (χ4n) is 14.7. The Hall–Kier alpha value is -12.3. The summed E-state index contributed by atoms with van der Waals surface area (Å²) in [7, 11) is 0. The van der Waals surface area contributed by atoms with Gasteiger partial charge in [-0.25, -0.2) is 4.79 Å². The number of carbonyl (C=O) groups excluding carboxylic acids is 16. The van der Waals surface area contributed by atoms with Crippen LogP contribution in [0.4, 0.5) is 0 Å². The van der Waals surface area contributed by atoms with Gasteiger partial charge in [-0.1, -0.05) is 146 Å². The summed E-state index contributed by atoms with van der Waals surface area (Å²) in [6, 6.07) is 3.28. The first kappa shape index (κ1) is 116. The fraction of sp³-hybridized carbons (Fsp3) is 0.589. The molecular weight excluding hydrogens is 1800 g/mol. The molecule has 754 valence electrons. The fourth-order valence-corrected chi connectivity index (χ4v) is 15.7. The maximum Gasteiger partial charge on any atom is 0.326 e. The number of aliphatic carboxylic acids is 1. The van der Waals surface area contributed by atoms with E-state index >= 15 is 4.79 Å². The van der Waals surface area contributed by atoms with Crippen LogP contribution in [0.25, 0.3) is 0 Å². The van der Waals surface area contributed by atoms with E-state index in [2.05, 4.69) is 85.1 Å². The first-order chi connectivity index (χ1) is 64.4. The number of amides is 16. The van der Waals surface area contributed by atoms with E-state index in [-0.39, 0.29) is 133 Å². The molecule has 1 heterocycles. The topological polar surface area (TPSA) is 724 Å². The number of nitrogens with one attached hydrogen (secondary N) is 18. The summed E-state index contributed by atoms with van der Waals surface area (Å²) in [5.41, 5.74) is 30.1. The number of hydrogen-bond acceptors (Lipinski definition) is 25. The zero-order valence-corrected chi connectivity index (χ0v) is 80.5. The number of carboxylic acid groups (broad SMARTS) is 1. The van der Waals surface area contributed by atoms with E-state index in [1.165, 1.54) is 56.1 Å². The third-order valence-electron chi connectivity index (χ3n) is 22.4. The average Bonchev–Trinajstić information content (AvgIpc) is 1.72. The van der Waals surface area contributed by atoms with Crippen LogP contribution >= 0.6 is 23.5 Å². The molecule has 16 amide bonds. The number of primary amides is 2. The summed E-state index contributed by atoms with van der Waals surface area (Å²) in [5.74, 6) is -17.6. The van der Waals surface area contributed by atoms with Gasteiger partial charge in [0.1, 0.15) is 78.5 Å².